The number of aliphatic hydroxyl groups is 1. The molecule has 0 heterocycles. The highest BCUT2D eigenvalue weighted by atomic mass is 79.9. The zero-order chi connectivity index (χ0) is 14.7. The molecule has 2 atom stereocenters. The van der Waals surface area contributed by atoms with Crippen LogP contribution in [0.4, 0.5) is 0 Å². The maximum Gasteiger partial charge on any atom is 0.0881 e. The fourth-order valence-electron chi connectivity index (χ4n) is 2.35. The van der Waals surface area contributed by atoms with Crippen LogP contribution in [0, 0.1) is 13.8 Å². The van der Waals surface area contributed by atoms with Gasteiger partial charge in [0, 0.05) is 16.9 Å². The smallest absolute Gasteiger partial charge is 0.0881 e. The molecule has 106 valence electrons. The van der Waals surface area contributed by atoms with Crippen molar-refractivity contribution in [2.75, 3.05) is 6.54 Å². The number of rotatable bonds is 4. The number of nitrogens with two attached hydrogens (primary N) is 1. The zero-order valence-corrected chi connectivity index (χ0v) is 13.4. The van der Waals surface area contributed by atoms with E-state index in [4.69, 9.17) is 5.73 Å². The van der Waals surface area contributed by atoms with E-state index in [1.54, 1.807) is 0 Å². The van der Waals surface area contributed by atoms with Crippen LogP contribution in [0.3, 0.4) is 0 Å². The Balaban J connectivity index is 2.33. The molecule has 0 bridgehead atoms. The molecule has 2 aromatic carbocycles. The van der Waals surface area contributed by atoms with Crippen molar-refractivity contribution in [2.24, 2.45) is 5.73 Å². The second-order valence-corrected chi connectivity index (χ2v) is 6.08. The number of benzene rings is 2. The summed E-state index contributed by atoms with van der Waals surface area (Å²) < 4.78 is 0.926. The highest BCUT2D eigenvalue weighted by Gasteiger charge is 2.23. The second kappa shape index (κ2) is 6.53. The minimum atomic E-state index is -0.613. The maximum atomic E-state index is 10.7. The van der Waals surface area contributed by atoms with Gasteiger partial charge < -0.3 is 10.8 Å². The summed E-state index contributed by atoms with van der Waals surface area (Å²) in [6.07, 6.45) is -0.613. The van der Waals surface area contributed by atoms with E-state index in [9.17, 15) is 5.11 Å². The fourth-order valence-corrected chi connectivity index (χ4v) is 3.08. The van der Waals surface area contributed by atoms with Gasteiger partial charge in [-0.25, -0.2) is 0 Å². The number of hydrogen-bond acceptors (Lipinski definition) is 2. The Morgan fingerprint density at radius 3 is 2.20 bits per heavy atom. The average molecular weight is 334 g/mol. The largest absolute Gasteiger partial charge is 0.388 e. The Morgan fingerprint density at radius 2 is 1.65 bits per heavy atom. The van der Waals surface area contributed by atoms with Gasteiger partial charge >= 0.3 is 0 Å². The summed E-state index contributed by atoms with van der Waals surface area (Å²) in [6, 6.07) is 14.2. The monoisotopic (exact) mass is 333 g/mol. The SMILES string of the molecule is Cc1ccc(C(CN)C(O)c2ccc(C)cc2Br)cc1. The van der Waals surface area contributed by atoms with E-state index in [1.165, 1.54) is 5.56 Å². The first-order chi connectivity index (χ1) is 9.52. The maximum absolute atomic E-state index is 10.7. The summed E-state index contributed by atoms with van der Waals surface area (Å²) in [5.41, 5.74) is 10.2. The molecule has 0 amide bonds. The molecule has 0 fully saturated rings. The summed E-state index contributed by atoms with van der Waals surface area (Å²) >= 11 is 3.53. The first kappa shape index (κ1) is 15.2. The quantitative estimate of drug-likeness (QED) is 0.892. The molecule has 0 spiro atoms. The number of hydrogen-bond donors (Lipinski definition) is 2. The van der Waals surface area contributed by atoms with Gasteiger partial charge in [0.15, 0.2) is 0 Å². The Bertz CT molecular complexity index is 580. The molecule has 0 aliphatic carbocycles. The van der Waals surface area contributed by atoms with Gasteiger partial charge in [0.2, 0.25) is 0 Å². The van der Waals surface area contributed by atoms with Crippen LogP contribution >= 0.6 is 15.9 Å². The molecule has 2 unspecified atom stereocenters. The summed E-state index contributed by atoms with van der Waals surface area (Å²) in [7, 11) is 0. The lowest BCUT2D eigenvalue weighted by Crippen LogP contribution is -2.20. The third-order valence-electron chi connectivity index (χ3n) is 3.62. The van der Waals surface area contributed by atoms with Crippen molar-refractivity contribution < 1.29 is 5.11 Å². The standard InChI is InChI=1S/C17H20BrNO/c1-11-3-6-13(7-4-11)15(10-19)17(20)14-8-5-12(2)9-16(14)18/h3-9,15,17,20H,10,19H2,1-2H3. The molecule has 3 N–H and O–H groups in total. The molecule has 2 rings (SSSR count). The lowest BCUT2D eigenvalue weighted by molar-refractivity contribution is 0.146. The van der Waals surface area contributed by atoms with Gasteiger partial charge in [-0.2, -0.15) is 0 Å². The fraction of sp³-hybridized carbons (Fsp3) is 0.294. The predicted octanol–water partition coefficient (Wildman–Crippen LogP) is 3.84. The van der Waals surface area contributed by atoms with E-state index in [0.717, 1.165) is 21.2 Å². The molecule has 0 aromatic heterocycles. The predicted molar refractivity (Wildman–Crippen MR) is 86.8 cm³/mol. The average Bonchev–Trinajstić information content (AvgIpc) is 2.41. The molecular weight excluding hydrogens is 314 g/mol. The molecule has 0 aliphatic heterocycles. The molecule has 3 heteroatoms. The summed E-state index contributed by atoms with van der Waals surface area (Å²) in [4.78, 5) is 0. The zero-order valence-electron chi connectivity index (χ0n) is 11.8. The molecule has 0 saturated heterocycles. The van der Waals surface area contributed by atoms with Crippen LogP contribution in [-0.4, -0.2) is 11.7 Å². The van der Waals surface area contributed by atoms with E-state index in [-0.39, 0.29) is 5.92 Å². The number of aryl methyl sites for hydroxylation is 2. The Kier molecular flexibility index (Phi) is 4.97. The summed E-state index contributed by atoms with van der Waals surface area (Å²) in [5.74, 6) is -0.102. The minimum absolute atomic E-state index is 0.102. The van der Waals surface area contributed by atoms with Gasteiger partial charge in [-0.15, -0.1) is 0 Å². The number of aliphatic hydroxyl groups excluding tert-OH is 1. The second-order valence-electron chi connectivity index (χ2n) is 5.22. The Labute approximate surface area is 128 Å². The molecule has 2 aromatic rings. The summed E-state index contributed by atoms with van der Waals surface area (Å²) in [6.45, 7) is 4.49. The van der Waals surface area contributed by atoms with E-state index in [1.807, 2.05) is 44.2 Å². The van der Waals surface area contributed by atoms with E-state index < -0.39 is 6.10 Å². The van der Waals surface area contributed by atoms with Crippen LogP contribution in [0.25, 0.3) is 0 Å². The highest BCUT2D eigenvalue weighted by molar-refractivity contribution is 9.10. The lowest BCUT2D eigenvalue weighted by Gasteiger charge is -2.23. The van der Waals surface area contributed by atoms with Gasteiger partial charge in [-0.1, -0.05) is 57.9 Å². The van der Waals surface area contributed by atoms with Crippen LogP contribution < -0.4 is 5.73 Å². The van der Waals surface area contributed by atoms with E-state index in [2.05, 4.69) is 28.1 Å². The third kappa shape index (κ3) is 3.29. The molecule has 0 aliphatic rings. The normalized spacial score (nSPS) is 14.1. The van der Waals surface area contributed by atoms with Crippen LogP contribution in [0.5, 0.6) is 0 Å². The van der Waals surface area contributed by atoms with Crippen molar-refractivity contribution in [1.82, 2.24) is 0 Å². The third-order valence-corrected chi connectivity index (χ3v) is 4.30. The van der Waals surface area contributed by atoms with Gasteiger partial charge in [0.1, 0.15) is 0 Å². The topological polar surface area (TPSA) is 46.2 Å². The lowest BCUT2D eigenvalue weighted by atomic mass is 9.88. The molecule has 2 nitrogen and oxygen atoms in total. The highest BCUT2D eigenvalue weighted by Crippen LogP contribution is 2.34. The molecule has 20 heavy (non-hydrogen) atoms. The van der Waals surface area contributed by atoms with E-state index >= 15 is 0 Å². The first-order valence-electron chi connectivity index (χ1n) is 6.73. The van der Waals surface area contributed by atoms with Crippen molar-refractivity contribution in [3.63, 3.8) is 0 Å². The molecular formula is C17H20BrNO. The van der Waals surface area contributed by atoms with E-state index in [0.29, 0.717) is 6.54 Å². The van der Waals surface area contributed by atoms with Gasteiger partial charge in [0.05, 0.1) is 6.10 Å². The van der Waals surface area contributed by atoms with Crippen molar-refractivity contribution >= 4 is 15.9 Å². The summed E-state index contributed by atoms with van der Waals surface area (Å²) in [5, 5.41) is 10.7. The van der Waals surface area contributed by atoms with Gasteiger partial charge in [-0.05, 0) is 36.6 Å². The Morgan fingerprint density at radius 1 is 1.05 bits per heavy atom. The van der Waals surface area contributed by atoms with Gasteiger partial charge in [0.25, 0.3) is 0 Å². The van der Waals surface area contributed by atoms with Crippen LogP contribution in [0.15, 0.2) is 46.9 Å². The molecule has 0 saturated carbocycles. The van der Waals surface area contributed by atoms with Crippen molar-refractivity contribution in [3.05, 3.63) is 69.2 Å². The minimum Gasteiger partial charge on any atom is -0.388 e. The van der Waals surface area contributed by atoms with Crippen LogP contribution in [-0.2, 0) is 0 Å². The Hall–Kier alpha value is -1.16. The molecule has 0 radical (unpaired) electrons. The van der Waals surface area contributed by atoms with Crippen molar-refractivity contribution in [1.29, 1.82) is 0 Å². The van der Waals surface area contributed by atoms with Crippen LogP contribution in [0.2, 0.25) is 0 Å². The van der Waals surface area contributed by atoms with Crippen molar-refractivity contribution in [2.45, 2.75) is 25.9 Å². The van der Waals surface area contributed by atoms with Gasteiger partial charge in [-0.3, -0.25) is 0 Å². The van der Waals surface area contributed by atoms with Crippen LogP contribution in [0.1, 0.15) is 34.3 Å². The van der Waals surface area contributed by atoms with Crippen molar-refractivity contribution in [3.8, 4) is 0 Å². The first-order valence-corrected chi connectivity index (χ1v) is 7.53. The number of halogens is 1.